The number of nitrogens with one attached hydrogen (secondary N) is 1. The van der Waals surface area contributed by atoms with E-state index < -0.39 is 0 Å². The Morgan fingerprint density at radius 1 is 1.18 bits per heavy atom. The maximum atomic E-state index is 8.95. The molecule has 1 atom stereocenters. The Morgan fingerprint density at radius 2 is 1.73 bits per heavy atom. The van der Waals surface area contributed by atoms with E-state index in [4.69, 9.17) is 5.11 Å². The zero-order valence-electron chi connectivity index (χ0n) is 7.93. The first-order valence-corrected chi connectivity index (χ1v) is 4.59. The predicted molar refractivity (Wildman–Crippen MR) is 48.6 cm³/mol. The van der Waals surface area contributed by atoms with Crippen molar-refractivity contribution >= 4 is 0 Å². The van der Waals surface area contributed by atoms with E-state index >= 15 is 0 Å². The summed E-state index contributed by atoms with van der Waals surface area (Å²) in [5.41, 5.74) is 0. The van der Waals surface area contributed by atoms with E-state index in [1.54, 1.807) is 6.92 Å². The van der Waals surface area contributed by atoms with Gasteiger partial charge in [-0.2, -0.15) is 0 Å². The fraction of sp³-hybridized carbons (Fsp3) is 1.00. The summed E-state index contributed by atoms with van der Waals surface area (Å²) in [7, 11) is 0. The molecule has 0 saturated heterocycles. The second-order valence-corrected chi connectivity index (χ2v) is 3.19. The molecular weight excluding hydrogens is 138 g/mol. The molecule has 2 nitrogen and oxygen atoms in total. The molecule has 0 heterocycles. The summed E-state index contributed by atoms with van der Waals surface area (Å²) in [5.74, 6) is 0.772. The van der Waals surface area contributed by atoms with Gasteiger partial charge in [0.15, 0.2) is 0 Å². The summed E-state index contributed by atoms with van der Waals surface area (Å²) in [6.45, 7) is 7.98. The second kappa shape index (κ2) is 6.62. The molecular formula is C9H21NO. The lowest BCUT2D eigenvalue weighted by Gasteiger charge is -2.13. The van der Waals surface area contributed by atoms with Crippen LogP contribution in [0.15, 0.2) is 0 Å². The molecule has 0 rings (SSSR count). The largest absolute Gasteiger partial charge is 0.392 e. The average Bonchev–Trinajstić information content (AvgIpc) is 1.98. The highest BCUT2D eigenvalue weighted by Gasteiger charge is 2.02. The van der Waals surface area contributed by atoms with Gasteiger partial charge >= 0.3 is 0 Å². The molecule has 0 spiro atoms. The molecule has 0 aliphatic carbocycles. The Hall–Kier alpha value is -0.0800. The lowest BCUT2D eigenvalue weighted by atomic mass is 10.0. The van der Waals surface area contributed by atoms with E-state index in [0.717, 1.165) is 19.0 Å². The van der Waals surface area contributed by atoms with Gasteiger partial charge in [-0.15, -0.1) is 0 Å². The van der Waals surface area contributed by atoms with Gasteiger partial charge in [0.25, 0.3) is 0 Å². The van der Waals surface area contributed by atoms with E-state index in [2.05, 4.69) is 19.2 Å². The van der Waals surface area contributed by atoms with E-state index in [1.165, 1.54) is 12.8 Å². The molecule has 0 aromatic heterocycles. The Labute approximate surface area is 70.0 Å². The van der Waals surface area contributed by atoms with Crippen LogP contribution in [0.3, 0.4) is 0 Å². The minimum atomic E-state index is -0.218. The van der Waals surface area contributed by atoms with Gasteiger partial charge in [-0.05, 0) is 19.4 Å². The van der Waals surface area contributed by atoms with Crippen molar-refractivity contribution in [1.29, 1.82) is 0 Å². The number of rotatable bonds is 6. The zero-order chi connectivity index (χ0) is 8.69. The van der Waals surface area contributed by atoms with Crippen molar-refractivity contribution in [1.82, 2.24) is 5.32 Å². The minimum Gasteiger partial charge on any atom is -0.392 e. The Morgan fingerprint density at radius 3 is 2.09 bits per heavy atom. The quantitative estimate of drug-likeness (QED) is 0.614. The molecule has 1 unspecified atom stereocenters. The van der Waals surface area contributed by atoms with Crippen LogP contribution in [0.2, 0.25) is 0 Å². The maximum Gasteiger partial charge on any atom is 0.0636 e. The smallest absolute Gasteiger partial charge is 0.0636 e. The van der Waals surface area contributed by atoms with Crippen LogP contribution in [0.25, 0.3) is 0 Å². The Bertz CT molecular complexity index is 79.6. The first-order valence-electron chi connectivity index (χ1n) is 4.59. The lowest BCUT2D eigenvalue weighted by molar-refractivity contribution is 0.188. The zero-order valence-corrected chi connectivity index (χ0v) is 7.93. The van der Waals surface area contributed by atoms with Gasteiger partial charge in [-0.25, -0.2) is 0 Å². The highest BCUT2D eigenvalue weighted by molar-refractivity contribution is 4.60. The van der Waals surface area contributed by atoms with Crippen LogP contribution in [-0.4, -0.2) is 24.3 Å². The van der Waals surface area contributed by atoms with Crippen LogP contribution < -0.4 is 5.32 Å². The van der Waals surface area contributed by atoms with E-state index in [-0.39, 0.29) is 6.10 Å². The molecule has 68 valence electrons. The fourth-order valence-electron chi connectivity index (χ4n) is 1.07. The third-order valence-electron chi connectivity index (χ3n) is 2.03. The lowest BCUT2D eigenvalue weighted by Crippen LogP contribution is -2.29. The van der Waals surface area contributed by atoms with Gasteiger partial charge < -0.3 is 10.4 Å². The molecule has 0 radical (unpaired) electrons. The number of hydrogen-bond acceptors (Lipinski definition) is 2. The molecule has 0 saturated carbocycles. The van der Waals surface area contributed by atoms with Crippen LogP contribution in [0.5, 0.6) is 0 Å². The van der Waals surface area contributed by atoms with E-state index in [1.807, 2.05) is 0 Å². The van der Waals surface area contributed by atoms with Gasteiger partial charge in [-0.1, -0.05) is 26.7 Å². The molecule has 0 amide bonds. The summed E-state index contributed by atoms with van der Waals surface area (Å²) in [6, 6.07) is 0. The number of aliphatic hydroxyl groups is 1. The van der Waals surface area contributed by atoms with Crippen molar-refractivity contribution < 1.29 is 5.11 Å². The normalized spacial score (nSPS) is 13.9. The monoisotopic (exact) mass is 159 g/mol. The second-order valence-electron chi connectivity index (χ2n) is 3.19. The summed E-state index contributed by atoms with van der Waals surface area (Å²) in [4.78, 5) is 0. The van der Waals surface area contributed by atoms with Crippen molar-refractivity contribution in [2.45, 2.75) is 39.7 Å². The third kappa shape index (κ3) is 6.32. The van der Waals surface area contributed by atoms with Gasteiger partial charge in [0, 0.05) is 6.54 Å². The molecule has 0 aliphatic heterocycles. The van der Waals surface area contributed by atoms with Gasteiger partial charge in [0.05, 0.1) is 6.10 Å². The van der Waals surface area contributed by atoms with Crippen LogP contribution >= 0.6 is 0 Å². The van der Waals surface area contributed by atoms with Crippen molar-refractivity contribution in [3.05, 3.63) is 0 Å². The Kier molecular flexibility index (Phi) is 6.57. The summed E-state index contributed by atoms with van der Waals surface area (Å²) in [5, 5.41) is 12.2. The Balaban J connectivity index is 3.21. The summed E-state index contributed by atoms with van der Waals surface area (Å²) >= 11 is 0. The third-order valence-corrected chi connectivity index (χ3v) is 2.03. The van der Waals surface area contributed by atoms with E-state index in [0.29, 0.717) is 0 Å². The predicted octanol–water partition coefficient (Wildman–Crippen LogP) is 1.39. The maximum absolute atomic E-state index is 8.95. The van der Waals surface area contributed by atoms with Gasteiger partial charge in [-0.3, -0.25) is 0 Å². The number of aliphatic hydroxyl groups excluding tert-OH is 1. The highest BCUT2D eigenvalue weighted by atomic mass is 16.3. The van der Waals surface area contributed by atoms with Crippen molar-refractivity contribution in [3.63, 3.8) is 0 Å². The molecule has 0 aromatic carbocycles. The van der Waals surface area contributed by atoms with Crippen molar-refractivity contribution in [3.8, 4) is 0 Å². The van der Waals surface area contributed by atoms with Gasteiger partial charge in [0.2, 0.25) is 0 Å². The molecule has 0 aromatic rings. The number of hydrogen-bond donors (Lipinski definition) is 2. The minimum absolute atomic E-state index is 0.218. The molecule has 0 bridgehead atoms. The molecule has 0 aliphatic rings. The van der Waals surface area contributed by atoms with Crippen molar-refractivity contribution in [2.24, 2.45) is 5.92 Å². The standard InChI is InChI=1S/C9H21NO/c1-4-9(5-2)7-10-6-8(3)11/h8-11H,4-7H2,1-3H3. The van der Waals surface area contributed by atoms with Crippen LogP contribution in [-0.2, 0) is 0 Å². The molecule has 0 fully saturated rings. The first kappa shape index (κ1) is 10.9. The van der Waals surface area contributed by atoms with Gasteiger partial charge in [0.1, 0.15) is 0 Å². The average molecular weight is 159 g/mol. The van der Waals surface area contributed by atoms with Crippen molar-refractivity contribution in [2.75, 3.05) is 13.1 Å². The van der Waals surface area contributed by atoms with E-state index in [9.17, 15) is 0 Å². The van der Waals surface area contributed by atoms with Crippen LogP contribution in [0.4, 0.5) is 0 Å². The highest BCUT2D eigenvalue weighted by Crippen LogP contribution is 2.04. The topological polar surface area (TPSA) is 32.3 Å². The first-order chi connectivity index (χ1) is 5.20. The molecule has 2 N–H and O–H groups in total. The SMILES string of the molecule is CCC(CC)CNCC(C)O. The summed E-state index contributed by atoms with van der Waals surface area (Å²) < 4.78 is 0. The van der Waals surface area contributed by atoms with Crippen LogP contribution in [0, 0.1) is 5.92 Å². The molecule has 2 heteroatoms. The summed E-state index contributed by atoms with van der Waals surface area (Å²) in [6.07, 6.45) is 2.23. The van der Waals surface area contributed by atoms with Crippen LogP contribution in [0.1, 0.15) is 33.6 Å². The molecule has 11 heavy (non-hydrogen) atoms. The fourth-order valence-corrected chi connectivity index (χ4v) is 1.07.